The fraction of sp³-hybridized carbons (Fsp3) is 0.158. The van der Waals surface area contributed by atoms with Crippen LogP contribution in [0.2, 0.25) is 0 Å². The van der Waals surface area contributed by atoms with Crippen molar-refractivity contribution in [2.45, 2.75) is 13.5 Å². The number of aryl methyl sites for hydroxylation is 2. The molecule has 0 radical (unpaired) electrons. The van der Waals surface area contributed by atoms with Crippen LogP contribution in [0.1, 0.15) is 21.9 Å². The predicted octanol–water partition coefficient (Wildman–Crippen LogP) is 3.58. The Hall–Kier alpha value is -3.33. The summed E-state index contributed by atoms with van der Waals surface area (Å²) < 4.78 is 20.2. The summed E-state index contributed by atoms with van der Waals surface area (Å²) in [6, 6.07) is 10.2. The highest BCUT2D eigenvalue weighted by molar-refractivity contribution is 7.13. The summed E-state index contributed by atoms with van der Waals surface area (Å²) in [5.41, 5.74) is 2.27. The van der Waals surface area contributed by atoms with E-state index in [9.17, 15) is 9.18 Å². The second kappa shape index (κ2) is 7.35. The van der Waals surface area contributed by atoms with Crippen molar-refractivity contribution in [2.24, 2.45) is 7.05 Å². The number of aromatic nitrogens is 4. The third kappa shape index (κ3) is 3.56. The number of benzene rings is 1. The molecule has 0 aliphatic carbocycles. The highest BCUT2D eigenvalue weighted by Crippen LogP contribution is 2.23. The summed E-state index contributed by atoms with van der Waals surface area (Å²) in [7, 11) is 1.73. The number of amides is 1. The summed E-state index contributed by atoms with van der Waals surface area (Å²) in [6.45, 7) is 1.79. The minimum atomic E-state index is -0.364. The number of nitrogens with zero attached hydrogens (tertiary/aromatic N) is 4. The Labute approximate surface area is 163 Å². The fourth-order valence-electron chi connectivity index (χ4n) is 2.73. The smallest absolute Gasteiger partial charge is 0.272 e. The zero-order chi connectivity index (χ0) is 19.7. The van der Waals surface area contributed by atoms with Gasteiger partial charge < -0.3 is 9.84 Å². The minimum Gasteiger partial charge on any atom is -0.342 e. The van der Waals surface area contributed by atoms with Crippen LogP contribution in [0, 0.1) is 12.7 Å². The van der Waals surface area contributed by atoms with Gasteiger partial charge in [0.25, 0.3) is 5.91 Å². The van der Waals surface area contributed by atoms with Gasteiger partial charge in [-0.15, -0.1) is 11.3 Å². The Morgan fingerprint density at radius 1 is 1.32 bits per heavy atom. The second-order valence-corrected chi connectivity index (χ2v) is 7.12. The summed E-state index contributed by atoms with van der Waals surface area (Å²) in [6.07, 6.45) is 0. The molecule has 1 amide bonds. The molecule has 142 valence electrons. The summed E-state index contributed by atoms with van der Waals surface area (Å²) in [4.78, 5) is 17.6. The molecule has 0 bridgehead atoms. The maximum atomic E-state index is 13.5. The number of nitrogens with one attached hydrogen (secondary N) is 1. The third-order valence-corrected chi connectivity index (χ3v) is 5.04. The van der Waals surface area contributed by atoms with Gasteiger partial charge in [-0.1, -0.05) is 11.2 Å². The van der Waals surface area contributed by atoms with Crippen molar-refractivity contribution in [1.82, 2.24) is 25.2 Å². The van der Waals surface area contributed by atoms with E-state index in [1.807, 2.05) is 17.5 Å². The highest BCUT2D eigenvalue weighted by Gasteiger charge is 2.16. The Balaban J connectivity index is 1.46. The predicted molar refractivity (Wildman–Crippen MR) is 102 cm³/mol. The maximum absolute atomic E-state index is 13.5. The van der Waals surface area contributed by atoms with Crippen LogP contribution in [-0.2, 0) is 13.6 Å². The Kier molecular flexibility index (Phi) is 4.74. The average molecular weight is 397 g/mol. The molecule has 1 aromatic carbocycles. The van der Waals surface area contributed by atoms with Crippen molar-refractivity contribution in [3.05, 3.63) is 64.7 Å². The van der Waals surface area contributed by atoms with Crippen molar-refractivity contribution in [1.29, 1.82) is 0 Å². The number of halogens is 1. The monoisotopic (exact) mass is 397 g/mol. The zero-order valence-electron chi connectivity index (χ0n) is 15.1. The number of thiophene rings is 1. The highest BCUT2D eigenvalue weighted by atomic mass is 32.1. The first-order valence-electron chi connectivity index (χ1n) is 8.46. The molecular formula is C19H16FN5O2S. The first-order chi connectivity index (χ1) is 13.5. The van der Waals surface area contributed by atoms with E-state index in [2.05, 4.69) is 20.6 Å². The molecule has 0 spiro atoms. The van der Waals surface area contributed by atoms with E-state index in [1.54, 1.807) is 36.9 Å². The van der Waals surface area contributed by atoms with Crippen LogP contribution in [0.15, 0.2) is 46.3 Å². The molecule has 0 aliphatic heterocycles. The number of rotatable bonds is 5. The standard InChI is InChI=1S/C19H16FN5O2S/c1-11-8-12(5-6-13(11)20)15-9-14(23-25(15)2)19(26)21-10-17-22-18(24-27-17)16-4-3-7-28-16/h3-9H,10H2,1-2H3,(H,21,26). The van der Waals surface area contributed by atoms with Gasteiger partial charge in [-0.3, -0.25) is 9.48 Å². The van der Waals surface area contributed by atoms with Crippen molar-refractivity contribution >= 4 is 17.2 Å². The van der Waals surface area contributed by atoms with E-state index >= 15 is 0 Å². The lowest BCUT2D eigenvalue weighted by molar-refractivity contribution is 0.0940. The van der Waals surface area contributed by atoms with Crippen LogP contribution in [0.4, 0.5) is 4.39 Å². The van der Waals surface area contributed by atoms with E-state index in [0.29, 0.717) is 23.0 Å². The molecule has 0 unspecified atom stereocenters. The first-order valence-corrected chi connectivity index (χ1v) is 9.34. The van der Waals surface area contributed by atoms with Crippen molar-refractivity contribution in [3.8, 4) is 22.0 Å². The van der Waals surface area contributed by atoms with Crippen LogP contribution >= 0.6 is 11.3 Å². The number of hydrogen-bond donors (Lipinski definition) is 1. The Morgan fingerprint density at radius 2 is 2.18 bits per heavy atom. The van der Waals surface area contributed by atoms with Gasteiger partial charge in [0, 0.05) is 12.6 Å². The Bertz CT molecular complexity index is 1130. The van der Waals surface area contributed by atoms with Gasteiger partial charge in [0.2, 0.25) is 11.7 Å². The second-order valence-electron chi connectivity index (χ2n) is 6.17. The number of hydrogen-bond acceptors (Lipinski definition) is 6. The van der Waals surface area contributed by atoms with Crippen LogP contribution in [0.25, 0.3) is 22.0 Å². The van der Waals surface area contributed by atoms with Crippen molar-refractivity contribution in [3.63, 3.8) is 0 Å². The lowest BCUT2D eigenvalue weighted by Crippen LogP contribution is -2.23. The van der Waals surface area contributed by atoms with Gasteiger partial charge in [-0.25, -0.2) is 4.39 Å². The molecule has 0 aliphatic rings. The average Bonchev–Trinajstić information content (AvgIpc) is 3.42. The normalized spacial score (nSPS) is 11.0. The number of carbonyl (C=O) groups excluding carboxylic acids is 1. The molecule has 3 aromatic heterocycles. The molecule has 0 fully saturated rings. The SMILES string of the molecule is Cc1cc(-c2cc(C(=O)NCc3nc(-c4cccs4)no3)nn2C)ccc1F. The van der Waals surface area contributed by atoms with Crippen LogP contribution in [-0.4, -0.2) is 25.8 Å². The van der Waals surface area contributed by atoms with Crippen LogP contribution in [0.3, 0.4) is 0 Å². The van der Waals surface area contributed by atoms with Crippen molar-refractivity contribution < 1.29 is 13.7 Å². The topological polar surface area (TPSA) is 85.8 Å². The molecule has 7 nitrogen and oxygen atoms in total. The molecule has 0 saturated heterocycles. The molecule has 3 heterocycles. The lowest BCUT2D eigenvalue weighted by Gasteiger charge is -2.03. The van der Waals surface area contributed by atoms with E-state index in [0.717, 1.165) is 10.4 Å². The van der Waals surface area contributed by atoms with E-state index in [4.69, 9.17) is 4.52 Å². The first kappa shape index (κ1) is 18.1. The maximum Gasteiger partial charge on any atom is 0.272 e. The molecule has 4 aromatic rings. The molecular weight excluding hydrogens is 381 g/mol. The lowest BCUT2D eigenvalue weighted by atomic mass is 10.1. The molecule has 0 saturated carbocycles. The summed E-state index contributed by atoms with van der Waals surface area (Å²) in [5.74, 6) is 0.162. The molecule has 9 heteroatoms. The quantitative estimate of drug-likeness (QED) is 0.556. The Morgan fingerprint density at radius 3 is 2.93 bits per heavy atom. The molecule has 1 N–H and O–H groups in total. The minimum absolute atomic E-state index is 0.0960. The van der Waals surface area contributed by atoms with Crippen molar-refractivity contribution in [2.75, 3.05) is 0 Å². The van der Waals surface area contributed by atoms with E-state index < -0.39 is 0 Å². The summed E-state index contributed by atoms with van der Waals surface area (Å²) >= 11 is 1.51. The van der Waals surface area contributed by atoms with Gasteiger partial charge >= 0.3 is 0 Å². The van der Waals surface area contributed by atoms with Crippen LogP contribution < -0.4 is 5.32 Å². The largest absolute Gasteiger partial charge is 0.342 e. The van der Waals surface area contributed by atoms with E-state index in [-0.39, 0.29) is 24.0 Å². The van der Waals surface area contributed by atoms with Gasteiger partial charge in [0.15, 0.2) is 5.69 Å². The van der Waals surface area contributed by atoms with Gasteiger partial charge in [0.05, 0.1) is 17.1 Å². The molecule has 0 atom stereocenters. The van der Waals surface area contributed by atoms with Gasteiger partial charge in [0.1, 0.15) is 5.82 Å². The molecule has 4 rings (SSSR count). The zero-order valence-corrected chi connectivity index (χ0v) is 16.0. The number of carbonyl (C=O) groups is 1. The fourth-order valence-corrected chi connectivity index (χ4v) is 3.38. The van der Waals surface area contributed by atoms with E-state index in [1.165, 1.54) is 17.4 Å². The van der Waals surface area contributed by atoms with Gasteiger partial charge in [-0.05, 0) is 48.2 Å². The third-order valence-electron chi connectivity index (χ3n) is 4.18. The van der Waals surface area contributed by atoms with Gasteiger partial charge in [-0.2, -0.15) is 10.1 Å². The molecule has 28 heavy (non-hydrogen) atoms. The summed E-state index contributed by atoms with van der Waals surface area (Å²) in [5, 5.41) is 12.8. The van der Waals surface area contributed by atoms with Crippen LogP contribution in [0.5, 0.6) is 0 Å².